The first-order chi connectivity index (χ1) is 9.23. The molecule has 0 saturated carbocycles. The maximum absolute atomic E-state index is 11.2. The third kappa shape index (κ3) is 10.3. The maximum atomic E-state index is 11.2. The first-order valence-electron chi connectivity index (χ1n) is 5.68. The molecule has 0 atom stereocenters. The Morgan fingerprint density at radius 3 is 1.85 bits per heavy atom. The number of carbonyl (C=O) groups is 4. The highest BCUT2D eigenvalue weighted by molar-refractivity contribution is 7.96. The molecule has 0 unspecified atom stereocenters. The number of ketones is 1. The molecule has 0 aliphatic rings. The molecule has 10 heteroatoms. The SMILES string of the molecule is CC.CC(=O)CN(O)C(=O)CN(O)C(=O)CNC(=O)S. The van der Waals surface area contributed by atoms with Crippen molar-refractivity contribution in [2.45, 2.75) is 20.8 Å². The van der Waals surface area contributed by atoms with Crippen molar-refractivity contribution in [2.75, 3.05) is 19.6 Å². The molecule has 0 heterocycles. The lowest BCUT2D eigenvalue weighted by Gasteiger charge is -2.18. The standard InChI is InChI=1S/C8H13N3O6S.C2H6/c1-5(12)3-10(16)7(14)4-11(17)6(13)2-9-8(15)18;1-2/h16-17H,2-4H2,1H3,(H2,9,15,18);1-2H3. The van der Waals surface area contributed by atoms with Crippen molar-refractivity contribution in [1.82, 2.24) is 15.4 Å². The number of carbonyl (C=O) groups excluding carboxylic acids is 4. The van der Waals surface area contributed by atoms with Gasteiger partial charge in [0.05, 0.1) is 6.54 Å². The van der Waals surface area contributed by atoms with Gasteiger partial charge in [-0.05, 0) is 6.92 Å². The molecule has 20 heavy (non-hydrogen) atoms. The van der Waals surface area contributed by atoms with E-state index in [1.165, 1.54) is 0 Å². The fourth-order valence-electron chi connectivity index (χ4n) is 0.839. The average molecular weight is 309 g/mol. The van der Waals surface area contributed by atoms with E-state index in [4.69, 9.17) is 10.4 Å². The Bertz CT molecular complexity index is 363. The molecule has 0 aliphatic carbocycles. The zero-order valence-electron chi connectivity index (χ0n) is 11.5. The normalized spacial score (nSPS) is 8.90. The number of amides is 3. The molecular formula is C10H19N3O6S. The van der Waals surface area contributed by atoms with Crippen LogP contribution in [0.25, 0.3) is 0 Å². The Labute approximate surface area is 121 Å². The van der Waals surface area contributed by atoms with E-state index in [1.807, 2.05) is 19.2 Å². The molecule has 0 saturated heterocycles. The third-order valence-corrected chi connectivity index (χ3v) is 1.78. The largest absolute Gasteiger partial charge is 0.338 e. The van der Waals surface area contributed by atoms with Crippen LogP contribution in [-0.4, -0.2) is 63.0 Å². The Balaban J connectivity index is 0. The molecule has 0 rings (SSSR count). The minimum atomic E-state index is -1.04. The van der Waals surface area contributed by atoms with Crippen LogP contribution >= 0.6 is 12.6 Å². The number of hydrogen-bond acceptors (Lipinski definition) is 6. The number of Topliss-reactive ketones (excluding diaryl/α,β-unsaturated/α-hetero) is 1. The predicted molar refractivity (Wildman–Crippen MR) is 71.4 cm³/mol. The van der Waals surface area contributed by atoms with Crippen LogP contribution in [0, 0.1) is 0 Å². The van der Waals surface area contributed by atoms with Crippen LogP contribution in [0.2, 0.25) is 0 Å². The number of hydroxylamine groups is 4. The Hall–Kier alpha value is -1.65. The van der Waals surface area contributed by atoms with Gasteiger partial charge in [0, 0.05) is 0 Å². The van der Waals surface area contributed by atoms with E-state index in [-0.39, 0.29) is 10.1 Å². The second-order valence-electron chi connectivity index (χ2n) is 3.26. The summed E-state index contributed by atoms with van der Waals surface area (Å²) in [6.45, 7) is 3.21. The van der Waals surface area contributed by atoms with E-state index >= 15 is 0 Å². The molecule has 0 aliphatic heterocycles. The summed E-state index contributed by atoms with van der Waals surface area (Å²) in [6, 6.07) is 0. The fourth-order valence-corrected chi connectivity index (χ4v) is 0.919. The van der Waals surface area contributed by atoms with E-state index in [2.05, 4.69) is 12.6 Å². The zero-order chi connectivity index (χ0) is 16.3. The molecule has 0 spiro atoms. The molecule has 0 fully saturated rings. The summed E-state index contributed by atoms with van der Waals surface area (Å²) >= 11 is 3.33. The smallest absolute Gasteiger partial charge is 0.276 e. The summed E-state index contributed by atoms with van der Waals surface area (Å²) in [7, 11) is 0. The Morgan fingerprint density at radius 1 is 1.00 bits per heavy atom. The lowest BCUT2D eigenvalue weighted by Crippen LogP contribution is -2.44. The molecule has 0 aromatic rings. The van der Waals surface area contributed by atoms with Crippen LogP contribution in [0.3, 0.4) is 0 Å². The Morgan fingerprint density at radius 2 is 1.45 bits per heavy atom. The van der Waals surface area contributed by atoms with Crippen molar-refractivity contribution in [3.8, 4) is 0 Å². The molecule has 116 valence electrons. The van der Waals surface area contributed by atoms with E-state index in [1.54, 1.807) is 0 Å². The summed E-state index contributed by atoms with van der Waals surface area (Å²) in [5.74, 6) is -2.48. The number of rotatable bonds is 6. The highest BCUT2D eigenvalue weighted by atomic mass is 32.1. The van der Waals surface area contributed by atoms with Gasteiger partial charge in [0.2, 0.25) is 0 Å². The fraction of sp³-hybridized carbons (Fsp3) is 0.600. The van der Waals surface area contributed by atoms with Crippen LogP contribution in [-0.2, 0) is 14.4 Å². The second kappa shape index (κ2) is 11.2. The van der Waals surface area contributed by atoms with Crippen molar-refractivity contribution in [1.29, 1.82) is 0 Å². The lowest BCUT2D eigenvalue weighted by atomic mass is 10.4. The van der Waals surface area contributed by atoms with Crippen molar-refractivity contribution in [3.63, 3.8) is 0 Å². The van der Waals surface area contributed by atoms with Crippen molar-refractivity contribution >= 4 is 35.5 Å². The van der Waals surface area contributed by atoms with E-state index in [9.17, 15) is 19.2 Å². The minimum Gasteiger partial charge on any atom is -0.338 e. The number of nitrogens with one attached hydrogen (secondary N) is 1. The van der Waals surface area contributed by atoms with Gasteiger partial charge in [0.1, 0.15) is 13.1 Å². The highest BCUT2D eigenvalue weighted by Crippen LogP contribution is 1.91. The molecule has 0 radical (unpaired) electrons. The van der Waals surface area contributed by atoms with Crippen molar-refractivity contribution in [2.24, 2.45) is 0 Å². The van der Waals surface area contributed by atoms with Crippen LogP contribution in [0.5, 0.6) is 0 Å². The molecule has 3 amide bonds. The summed E-state index contributed by atoms with van der Waals surface area (Å²) in [4.78, 5) is 43.3. The lowest BCUT2D eigenvalue weighted by molar-refractivity contribution is -0.185. The first-order valence-corrected chi connectivity index (χ1v) is 6.13. The Kier molecular flexibility index (Phi) is 11.6. The van der Waals surface area contributed by atoms with Gasteiger partial charge in [0.15, 0.2) is 5.78 Å². The number of thiol groups is 1. The van der Waals surface area contributed by atoms with Crippen molar-refractivity contribution in [3.05, 3.63) is 0 Å². The second-order valence-corrected chi connectivity index (χ2v) is 3.67. The minimum absolute atomic E-state index is 0.00933. The summed E-state index contributed by atoms with van der Waals surface area (Å²) in [6.07, 6.45) is 0. The monoisotopic (exact) mass is 309 g/mol. The highest BCUT2D eigenvalue weighted by Gasteiger charge is 2.19. The number of hydrogen-bond donors (Lipinski definition) is 4. The van der Waals surface area contributed by atoms with E-state index in [0.29, 0.717) is 0 Å². The van der Waals surface area contributed by atoms with Gasteiger partial charge < -0.3 is 5.32 Å². The maximum Gasteiger partial charge on any atom is 0.276 e. The zero-order valence-corrected chi connectivity index (χ0v) is 12.4. The van der Waals surface area contributed by atoms with Gasteiger partial charge in [-0.25, -0.2) is 10.1 Å². The summed E-state index contributed by atoms with van der Waals surface area (Å²) < 4.78 is 0. The number of nitrogens with zero attached hydrogens (tertiary/aromatic N) is 2. The van der Waals surface area contributed by atoms with Gasteiger partial charge in [-0.3, -0.25) is 29.6 Å². The first kappa shape index (κ1) is 20.7. The summed E-state index contributed by atoms with van der Waals surface area (Å²) in [5, 5.41) is 19.5. The average Bonchev–Trinajstić information content (AvgIpc) is 2.37. The van der Waals surface area contributed by atoms with Crippen molar-refractivity contribution < 1.29 is 29.6 Å². The van der Waals surface area contributed by atoms with Gasteiger partial charge in [-0.2, -0.15) is 0 Å². The van der Waals surface area contributed by atoms with E-state index in [0.717, 1.165) is 6.92 Å². The molecule has 9 nitrogen and oxygen atoms in total. The topological polar surface area (TPSA) is 127 Å². The third-order valence-electron chi connectivity index (χ3n) is 1.62. The van der Waals surface area contributed by atoms with Gasteiger partial charge in [0.25, 0.3) is 17.1 Å². The molecular weight excluding hydrogens is 290 g/mol. The quantitative estimate of drug-likeness (QED) is 0.302. The van der Waals surface area contributed by atoms with Crippen LogP contribution in [0.4, 0.5) is 4.79 Å². The summed E-state index contributed by atoms with van der Waals surface area (Å²) in [5.41, 5.74) is 0. The van der Waals surface area contributed by atoms with Gasteiger partial charge >= 0.3 is 0 Å². The predicted octanol–water partition coefficient (Wildman–Crippen LogP) is -0.323. The molecule has 3 N–H and O–H groups in total. The molecule has 0 bridgehead atoms. The molecule has 0 aromatic heterocycles. The van der Waals surface area contributed by atoms with Crippen LogP contribution in [0.15, 0.2) is 0 Å². The van der Waals surface area contributed by atoms with E-state index < -0.39 is 42.5 Å². The van der Waals surface area contributed by atoms with Gasteiger partial charge in [-0.15, -0.1) is 0 Å². The van der Waals surface area contributed by atoms with Crippen LogP contribution < -0.4 is 5.32 Å². The molecule has 0 aromatic carbocycles. The van der Waals surface area contributed by atoms with Gasteiger partial charge in [-0.1, -0.05) is 26.5 Å². The van der Waals surface area contributed by atoms with Crippen LogP contribution in [0.1, 0.15) is 20.8 Å².